The molecule has 1 atom stereocenters. The van der Waals surface area contributed by atoms with Crippen molar-refractivity contribution in [2.24, 2.45) is 0 Å². The lowest BCUT2D eigenvalue weighted by Crippen LogP contribution is -1.66. The zero-order chi connectivity index (χ0) is 4.99. The summed E-state index contributed by atoms with van der Waals surface area (Å²) in [5.41, 5.74) is 0. The van der Waals surface area contributed by atoms with Crippen LogP contribution < -0.4 is 0 Å². The van der Waals surface area contributed by atoms with Gasteiger partial charge in [-0.2, -0.15) is 0 Å². The molecule has 0 spiro atoms. The van der Waals surface area contributed by atoms with Gasteiger partial charge in [-0.15, -0.1) is 0 Å². The van der Waals surface area contributed by atoms with E-state index < -0.39 is 8.03 Å². The van der Waals surface area contributed by atoms with Crippen LogP contribution in [0.25, 0.3) is 0 Å². The van der Waals surface area contributed by atoms with Crippen molar-refractivity contribution >= 4 is 31.1 Å². The van der Waals surface area contributed by atoms with E-state index in [2.05, 4.69) is 4.52 Å². The first-order chi connectivity index (χ1) is 2.81. The molecule has 2 nitrogen and oxygen atoms in total. The number of rotatable bonds is 2. The maximum atomic E-state index is 10.1. The van der Waals surface area contributed by atoms with Crippen LogP contribution in [0.5, 0.6) is 0 Å². The second-order valence-electron chi connectivity index (χ2n) is 0.930. The first-order valence-corrected chi connectivity index (χ1v) is 3.40. The van der Waals surface area contributed by atoms with Gasteiger partial charge in [-0.25, -0.2) is 0 Å². The summed E-state index contributed by atoms with van der Waals surface area (Å²) in [6.45, 7) is 1.84. The summed E-state index contributed by atoms with van der Waals surface area (Å²) in [5.74, 6) is 0. The first kappa shape index (κ1) is 10.9. The second kappa shape index (κ2) is 6.96. The average molecular weight is 134 g/mol. The van der Waals surface area contributed by atoms with Gasteiger partial charge in [0.2, 0.25) is 0 Å². The van der Waals surface area contributed by atoms with Crippen LogP contribution in [0, 0.1) is 0 Å². The van der Waals surface area contributed by atoms with Gasteiger partial charge in [-0.3, -0.25) is 4.57 Å². The highest BCUT2D eigenvalue weighted by atomic mass is 31.1. The van der Waals surface area contributed by atoms with Crippen molar-refractivity contribution in [3.05, 3.63) is 0 Å². The lowest BCUT2D eigenvalue weighted by atomic mass is 11.0. The van der Waals surface area contributed by atoms with Crippen molar-refractivity contribution in [3.8, 4) is 0 Å². The Hall–Kier alpha value is 0.956. The minimum atomic E-state index is -1.62. The van der Waals surface area contributed by atoms with Crippen LogP contribution in [-0.2, 0) is 9.09 Å². The Kier molecular flexibility index (Phi) is 10.8. The topological polar surface area (TPSA) is 26.3 Å². The van der Waals surface area contributed by atoms with Gasteiger partial charge in [0.25, 0.3) is 0 Å². The molecule has 0 bridgehead atoms. The Morgan fingerprint density at radius 3 is 2.14 bits per heavy atom. The fraction of sp³-hybridized carbons (Fsp3) is 1.00. The van der Waals surface area contributed by atoms with Crippen molar-refractivity contribution in [1.29, 1.82) is 0 Å². The predicted octanol–water partition coefficient (Wildman–Crippen LogP) is 0.211. The van der Waals surface area contributed by atoms with E-state index in [4.69, 9.17) is 0 Å². The molecule has 0 aromatic heterocycles. The van der Waals surface area contributed by atoms with Crippen molar-refractivity contribution < 1.29 is 9.09 Å². The zero-order valence-electron chi connectivity index (χ0n) is 4.02. The van der Waals surface area contributed by atoms with Crippen LogP contribution in [0.1, 0.15) is 6.92 Å². The number of hydrogen-bond donors (Lipinski definition) is 0. The molecule has 0 aliphatic carbocycles. The molecule has 0 aromatic rings. The molecule has 0 aromatic carbocycles. The fourth-order valence-electron chi connectivity index (χ4n) is 0.144. The second-order valence-corrected chi connectivity index (χ2v) is 2.79. The highest BCUT2D eigenvalue weighted by molar-refractivity contribution is 7.39. The van der Waals surface area contributed by atoms with Gasteiger partial charge >= 0.3 is 23.1 Å². The normalized spacial score (nSPS) is 12.3. The van der Waals surface area contributed by atoms with Crippen molar-refractivity contribution in [2.75, 3.05) is 13.3 Å². The molecule has 42 valence electrons. The van der Waals surface area contributed by atoms with Gasteiger partial charge in [-0.05, 0) is 0 Å². The molecule has 0 saturated carbocycles. The van der Waals surface area contributed by atoms with Crippen LogP contribution in [0.15, 0.2) is 0 Å². The largest absolute Gasteiger partial charge is 0.334 e. The molecule has 0 aliphatic heterocycles. The standard InChI is InChI=1S/C3H9O2P.Mg.2H/c1-3-6(4)5-2;;;/h6H,3H2,1-2H3;;;. The van der Waals surface area contributed by atoms with E-state index >= 15 is 0 Å². The molecule has 0 heterocycles. The third kappa shape index (κ3) is 6.96. The van der Waals surface area contributed by atoms with E-state index in [1.54, 1.807) is 0 Å². The van der Waals surface area contributed by atoms with Gasteiger partial charge in [0.05, 0.1) is 0 Å². The maximum Gasteiger partial charge on any atom is 0.316 e. The Bertz CT molecular complexity index is 50.9. The fourth-order valence-corrected chi connectivity index (χ4v) is 0.433. The smallest absolute Gasteiger partial charge is 0.316 e. The molecule has 0 saturated heterocycles. The molecule has 0 amide bonds. The van der Waals surface area contributed by atoms with Crippen LogP contribution >= 0.6 is 8.03 Å². The van der Waals surface area contributed by atoms with E-state index in [1.165, 1.54) is 7.11 Å². The Morgan fingerprint density at radius 2 is 2.14 bits per heavy atom. The number of hydrogen-bond acceptors (Lipinski definition) is 2. The molecular formula is C3H11MgO2P. The Labute approximate surface area is 60.6 Å². The zero-order valence-corrected chi connectivity index (χ0v) is 5.02. The monoisotopic (exact) mass is 134 g/mol. The van der Waals surface area contributed by atoms with Gasteiger partial charge < -0.3 is 4.52 Å². The lowest BCUT2D eigenvalue weighted by molar-refractivity contribution is 0.416. The minimum absolute atomic E-state index is 0. The van der Waals surface area contributed by atoms with E-state index in [1.807, 2.05) is 6.92 Å². The molecule has 0 N–H and O–H groups in total. The lowest BCUT2D eigenvalue weighted by Gasteiger charge is -1.87. The van der Waals surface area contributed by atoms with Crippen LogP contribution in [0.3, 0.4) is 0 Å². The van der Waals surface area contributed by atoms with Crippen LogP contribution in [0.4, 0.5) is 0 Å². The highest BCUT2D eigenvalue weighted by Crippen LogP contribution is 2.17. The molecule has 0 rings (SSSR count). The van der Waals surface area contributed by atoms with Crippen molar-refractivity contribution in [3.63, 3.8) is 0 Å². The molecule has 0 radical (unpaired) electrons. The summed E-state index contributed by atoms with van der Waals surface area (Å²) in [5, 5.41) is 0. The van der Waals surface area contributed by atoms with Gasteiger partial charge in [0, 0.05) is 13.3 Å². The van der Waals surface area contributed by atoms with Gasteiger partial charge in [0.15, 0.2) is 8.03 Å². The summed E-state index contributed by atoms with van der Waals surface area (Å²) in [6, 6.07) is 0. The third-order valence-electron chi connectivity index (χ3n) is 0.516. The highest BCUT2D eigenvalue weighted by Gasteiger charge is 1.83. The molecule has 1 unspecified atom stereocenters. The third-order valence-corrected chi connectivity index (χ3v) is 1.55. The Morgan fingerprint density at radius 1 is 1.71 bits per heavy atom. The van der Waals surface area contributed by atoms with E-state index in [-0.39, 0.29) is 23.1 Å². The first-order valence-electron chi connectivity index (χ1n) is 1.88. The summed E-state index contributed by atoms with van der Waals surface area (Å²) in [7, 11) is -0.155. The molecule has 0 aliphatic rings. The predicted molar refractivity (Wildman–Crippen MR) is 35.1 cm³/mol. The van der Waals surface area contributed by atoms with Gasteiger partial charge in [0.1, 0.15) is 0 Å². The van der Waals surface area contributed by atoms with Crippen LogP contribution in [0.2, 0.25) is 0 Å². The van der Waals surface area contributed by atoms with Crippen molar-refractivity contribution in [1.82, 2.24) is 0 Å². The molecule has 0 fully saturated rings. The summed E-state index contributed by atoms with van der Waals surface area (Å²) < 4.78 is 14.6. The summed E-state index contributed by atoms with van der Waals surface area (Å²) >= 11 is 0. The Balaban J connectivity index is 0. The van der Waals surface area contributed by atoms with E-state index in [0.29, 0.717) is 6.16 Å². The SMILES string of the molecule is CC[PH](=O)OC.[MgH2]. The molecular weight excluding hydrogens is 123 g/mol. The molecule has 7 heavy (non-hydrogen) atoms. The average Bonchev–Trinajstić information content (AvgIpc) is 1.65. The van der Waals surface area contributed by atoms with Gasteiger partial charge in [-0.1, -0.05) is 6.92 Å². The van der Waals surface area contributed by atoms with E-state index in [9.17, 15) is 4.57 Å². The summed E-state index contributed by atoms with van der Waals surface area (Å²) in [6.07, 6.45) is 0.654. The van der Waals surface area contributed by atoms with E-state index in [0.717, 1.165) is 0 Å². The van der Waals surface area contributed by atoms with Crippen LogP contribution in [-0.4, -0.2) is 36.3 Å². The van der Waals surface area contributed by atoms with Crippen molar-refractivity contribution in [2.45, 2.75) is 6.92 Å². The maximum absolute atomic E-state index is 10.1. The summed E-state index contributed by atoms with van der Waals surface area (Å²) in [4.78, 5) is 0. The quantitative estimate of drug-likeness (QED) is 0.399. The molecule has 4 heteroatoms. The minimum Gasteiger partial charge on any atom is -0.334 e.